The van der Waals surface area contributed by atoms with E-state index >= 15 is 0 Å². The van der Waals surface area contributed by atoms with Crippen LogP contribution in [0.15, 0.2) is 18.2 Å². The maximum absolute atomic E-state index is 12.7. The van der Waals surface area contributed by atoms with Gasteiger partial charge in [0, 0.05) is 17.3 Å². The van der Waals surface area contributed by atoms with E-state index in [-0.39, 0.29) is 18.9 Å². The molecule has 3 amide bonds. The van der Waals surface area contributed by atoms with E-state index in [1.54, 1.807) is 39.0 Å². The molecule has 2 heterocycles. The highest BCUT2D eigenvalue weighted by molar-refractivity contribution is 6.31. The Labute approximate surface area is 150 Å². The predicted octanol–water partition coefficient (Wildman–Crippen LogP) is 2.02. The van der Waals surface area contributed by atoms with Gasteiger partial charge in [-0.2, -0.15) is 0 Å². The Morgan fingerprint density at radius 2 is 2.08 bits per heavy atom. The number of ether oxygens (including phenoxy) is 1. The van der Waals surface area contributed by atoms with Gasteiger partial charge in [-0.15, -0.1) is 0 Å². The molecular weight excluding hydrogens is 346 g/mol. The van der Waals surface area contributed by atoms with Crippen LogP contribution >= 0.6 is 11.6 Å². The van der Waals surface area contributed by atoms with Crippen molar-refractivity contribution in [3.05, 3.63) is 28.8 Å². The number of anilines is 1. The van der Waals surface area contributed by atoms with Gasteiger partial charge in [0.05, 0.1) is 5.41 Å². The van der Waals surface area contributed by atoms with Gasteiger partial charge in [-0.1, -0.05) is 11.6 Å². The number of amides is 3. The number of carbonyl (C=O) groups excluding carboxylic acids is 3. The number of primary amides is 1. The summed E-state index contributed by atoms with van der Waals surface area (Å²) in [6.45, 7) is 5.20. The smallest absolute Gasteiger partial charge is 0.411 e. The van der Waals surface area contributed by atoms with Crippen molar-refractivity contribution >= 4 is 35.2 Å². The lowest BCUT2D eigenvalue weighted by Crippen LogP contribution is -2.46. The van der Waals surface area contributed by atoms with Gasteiger partial charge in [0.1, 0.15) is 11.6 Å². The molecule has 7 nitrogen and oxygen atoms in total. The normalized spacial score (nSPS) is 25.0. The zero-order chi connectivity index (χ0) is 18.6. The molecule has 2 aliphatic rings. The van der Waals surface area contributed by atoms with E-state index in [9.17, 15) is 14.4 Å². The number of benzene rings is 1. The van der Waals surface area contributed by atoms with Gasteiger partial charge in [-0.25, -0.2) is 4.79 Å². The average molecular weight is 366 g/mol. The molecule has 8 heteroatoms. The Hall–Kier alpha value is -2.28. The van der Waals surface area contributed by atoms with E-state index in [1.807, 2.05) is 0 Å². The molecule has 2 aliphatic heterocycles. The third kappa shape index (κ3) is 2.93. The van der Waals surface area contributed by atoms with Crippen molar-refractivity contribution in [2.24, 2.45) is 5.73 Å². The van der Waals surface area contributed by atoms with Crippen LogP contribution in [0.5, 0.6) is 0 Å². The first-order valence-electron chi connectivity index (χ1n) is 7.94. The summed E-state index contributed by atoms with van der Waals surface area (Å²) < 4.78 is 5.37. The molecule has 1 unspecified atom stereocenters. The Morgan fingerprint density at radius 1 is 1.40 bits per heavy atom. The van der Waals surface area contributed by atoms with Crippen LogP contribution in [-0.2, 0) is 19.7 Å². The van der Waals surface area contributed by atoms with E-state index < -0.39 is 29.1 Å². The molecule has 0 radical (unpaired) electrons. The van der Waals surface area contributed by atoms with Gasteiger partial charge >= 0.3 is 6.09 Å². The first-order chi connectivity index (χ1) is 11.5. The van der Waals surface area contributed by atoms with Crippen molar-refractivity contribution in [2.75, 3.05) is 11.9 Å². The lowest BCUT2D eigenvalue weighted by molar-refractivity contribution is -0.122. The summed E-state index contributed by atoms with van der Waals surface area (Å²) in [5, 5.41) is 3.27. The molecule has 1 aromatic carbocycles. The third-order valence-corrected chi connectivity index (χ3v) is 4.73. The molecule has 0 saturated carbocycles. The molecule has 0 aromatic heterocycles. The second-order valence-electron chi connectivity index (χ2n) is 7.46. The highest BCUT2D eigenvalue weighted by atomic mass is 35.5. The second-order valence-corrected chi connectivity index (χ2v) is 7.89. The summed E-state index contributed by atoms with van der Waals surface area (Å²) in [6.07, 6.45) is -0.572. The number of likely N-dealkylation sites (tertiary alicyclic amines) is 1. The Balaban J connectivity index is 2.01. The highest BCUT2D eigenvalue weighted by Crippen LogP contribution is 2.47. The molecule has 1 fully saturated rings. The van der Waals surface area contributed by atoms with Gasteiger partial charge in [-0.3, -0.25) is 14.5 Å². The molecule has 134 valence electrons. The van der Waals surface area contributed by atoms with E-state index in [0.717, 1.165) is 0 Å². The zero-order valence-electron chi connectivity index (χ0n) is 14.3. The van der Waals surface area contributed by atoms with Gasteiger partial charge in [0.15, 0.2) is 0 Å². The molecule has 3 rings (SSSR count). The summed E-state index contributed by atoms with van der Waals surface area (Å²) >= 11 is 6.08. The zero-order valence-corrected chi connectivity index (χ0v) is 15.0. The third-order valence-electron chi connectivity index (χ3n) is 4.49. The summed E-state index contributed by atoms with van der Waals surface area (Å²) in [5.41, 5.74) is 5.00. The van der Waals surface area contributed by atoms with E-state index in [4.69, 9.17) is 22.1 Å². The van der Waals surface area contributed by atoms with Gasteiger partial charge < -0.3 is 15.8 Å². The largest absolute Gasteiger partial charge is 0.444 e. The lowest BCUT2D eigenvalue weighted by Gasteiger charge is -2.27. The van der Waals surface area contributed by atoms with Crippen LogP contribution in [0, 0.1) is 0 Å². The summed E-state index contributed by atoms with van der Waals surface area (Å²) in [5.74, 6) is -0.951. The van der Waals surface area contributed by atoms with Crippen molar-refractivity contribution in [3.63, 3.8) is 0 Å². The fourth-order valence-corrected chi connectivity index (χ4v) is 3.59. The predicted molar refractivity (Wildman–Crippen MR) is 92.3 cm³/mol. The van der Waals surface area contributed by atoms with Crippen LogP contribution in [0.25, 0.3) is 0 Å². The summed E-state index contributed by atoms with van der Waals surface area (Å²) in [4.78, 5) is 38.4. The van der Waals surface area contributed by atoms with Crippen LogP contribution in [-0.4, -0.2) is 41.0 Å². The number of halogens is 1. The molecule has 1 aromatic rings. The number of nitrogens with one attached hydrogen (secondary N) is 1. The fraction of sp³-hybridized carbons (Fsp3) is 0.471. The number of hydrogen-bond donors (Lipinski definition) is 2. The molecule has 25 heavy (non-hydrogen) atoms. The number of nitrogens with zero attached hydrogens (tertiary/aromatic N) is 1. The quantitative estimate of drug-likeness (QED) is 0.794. The van der Waals surface area contributed by atoms with Crippen molar-refractivity contribution in [3.8, 4) is 0 Å². The molecule has 1 saturated heterocycles. The Morgan fingerprint density at radius 3 is 2.68 bits per heavy atom. The van der Waals surface area contributed by atoms with Crippen molar-refractivity contribution in [1.82, 2.24) is 4.90 Å². The minimum absolute atomic E-state index is 0.00863. The van der Waals surface area contributed by atoms with Gasteiger partial charge in [0.2, 0.25) is 11.8 Å². The molecule has 3 N–H and O–H groups in total. The highest BCUT2D eigenvalue weighted by Gasteiger charge is 2.57. The van der Waals surface area contributed by atoms with E-state index in [1.165, 1.54) is 4.90 Å². The SMILES string of the molecule is CC(C)(C)OC(=O)N1CC2(C[C@H]1C(N)=O)C(=O)Nc1ccc(Cl)cc12. The van der Waals surface area contributed by atoms with Crippen molar-refractivity contribution in [2.45, 2.75) is 44.2 Å². The van der Waals surface area contributed by atoms with Crippen LogP contribution in [0.4, 0.5) is 10.5 Å². The number of hydrogen-bond acceptors (Lipinski definition) is 4. The number of rotatable bonds is 1. The van der Waals surface area contributed by atoms with Crippen molar-refractivity contribution < 1.29 is 19.1 Å². The maximum Gasteiger partial charge on any atom is 0.411 e. The second kappa shape index (κ2) is 5.62. The van der Waals surface area contributed by atoms with E-state index in [2.05, 4.69) is 5.32 Å². The number of carbonyl (C=O) groups is 3. The fourth-order valence-electron chi connectivity index (χ4n) is 3.42. The molecule has 0 bridgehead atoms. The van der Waals surface area contributed by atoms with Crippen molar-refractivity contribution in [1.29, 1.82) is 0 Å². The Bertz CT molecular complexity index is 774. The maximum atomic E-state index is 12.7. The van der Waals surface area contributed by atoms with Gasteiger partial charge in [-0.05, 0) is 51.0 Å². The monoisotopic (exact) mass is 365 g/mol. The summed E-state index contributed by atoms with van der Waals surface area (Å²) in [6, 6.07) is 4.14. The lowest BCUT2D eigenvalue weighted by atomic mass is 9.79. The van der Waals surface area contributed by atoms with Crippen LogP contribution < -0.4 is 11.1 Å². The number of nitrogens with two attached hydrogens (primary N) is 1. The van der Waals surface area contributed by atoms with Crippen LogP contribution in [0.1, 0.15) is 32.8 Å². The molecule has 1 spiro atoms. The molecular formula is C17H20ClN3O4. The minimum Gasteiger partial charge on any atom is -0.444 e. The number of fused-ring (bicyclic) bond motifs is 2. The van der Waals surface area contributed by atoms with Crippen LogP contribution in [0.2, 0.25) is 5.02 Å². The average Bonchev–Trinajstić information content (AvgIpc) is 3.00. The first-order valence-corrected chi connectivity index (χ1v) is 8.32. The van der Waals surface area contributed by atoms with Gasteiger partial charge in [0.25, 0.3) is 0 Å². The van der Waals surface area contributed by atoms with E-state index in [0.29, 0.717) is 16.3 Å². The van der Waals surface area contributed by atoms with Crippen LogP contribution in [0.3, 0.4) is 0 Å². The minimum atomic E-state index is -1.06. The Kier molecular flexibility index (Phi) is 3.95. The first kappa shape index (κ1) is 17.5. The standard InChI is InChI=1S/C17H20ClN3O4/c1-16(2,3)25-15(24)21-8-17(7-12(21)13(19)22)10-6-9(18)4-5-11(10)20-14(17)23/h4-6,12H,7-8H2,1-3H3,(H2,19,22)(H,20,23)/t12-,17?/m0/s1. The molecule has 0 aliphatic carbocycles. The summed E-state index contributed by atoms with van der Waals surface area (Å²) in [7, 11) is 0. The topological polar surface area (TPSA) is 102 Å². The molecule has 2 atom stereocenters.